The molecule has 0 aliphatic carbocycles. The maximum atomic E-state index is 12.4. The molecule has 0 fully saturated rings. The Hall–Kier alpha value is -1.83. The highest BCUT2D eigenvalue weighted by atomic mass is 19.4. The van der Waals surface area contributed by atoms with E-state index in [1.54, 1.807) is 0 Å². The summed E-state index contributed by atoms with van der Waals surface area (Å²) in [5, 5.41) is 19.5. The van der Waals surface area contributed by atoms with Crippen LogP contribution in [-0.4, -0.2) is 30.2 Å². The van der Waals surface area contributed by atoms with Gasteiger partial charge in [-0.3, -0.25) is 10.1 Å². The lowest BCUT2D eigenvalue weighted by molar-refractivity contribution is -0.384. The second-order valence-electron chi connectivity index (χ2n) is 3.60. The fourth-order valence-electron chi connectivity index (χ4n) is 1.44. The van der Waals surface area contributed by atoms with Gasteiger partial charge in [-0.1, -0.05) is 0 Å². The SMILES string of the molecule is CN(CCO)c1ccc(C(F)(F)F)cc1[N+](=O)[O-]. The van der Waals surface area contributed by atoms with Crippen LogP contribution >= 0.6 is 0 Å². The summed E-state index contributed by atoms with van der Waals surface area (Å²) in [5.74, 6) is 0. The van der Waals surface area contributed by atoms with Gasteiger partial charge in [0.15, 0.2) is 0 Å². The minimum Gasteiger partial charge on any atom is -0.395 e. The molecule has 0 radical (unpaired) electrons. The number of nitro groups is 1. The number of nitrogens with zero attached hydrogens (tertiary/aromatic N) is 2. The molecule has 8 heteroatoms. The van der Waals surface area contributed by atoms with E-state index >= 15 is 0 Å². The highest BCUT2D eigenvalue weighted by Crippen LogP contribution is 2.35. The van der Waals surface area contributed by atoms with Crippen molar-refractivity contribution >= 4 is 11.4 Å². The Morgan fingerprint density at radius 2 is 2.06 bits per heavy atom. The summed E-state index contributed by atoms with van der Waals surface area (Å²) in [7, 11) is 1.45. The van der Waals surface area contributed by atoms with Crippen molar-refractivity contribution < 1.29 is 23.2 Å². The molecule has 5 nitrogen and oxygen atoms in total. The second-order valence-corrected chi connectivity index (χ2v) is 3.60. The first-order valence-corrected chi connectivity index (χ1v) is 4.95. The molecule has 1 aromatic rings. The minimum absolute atomic E-state index is 0.0297. The van der Waals surface area contributed by atoms with E-state index in [0.29, 0.717) is 6.07 Å². The van der Waals surface area contributed by atoms with E-state index in [4.69, 9.17) is 5.11 Å². The molecule has 0 saturated heterocycles. The summed E-state index contributed by atoms with van der Waals surface area (Å²) in [6.45, 7) is -0.166. The number of alkyl halides is 3. The first-order chi connectivity index (χ1) is 8.27. The van der Waals surface area contributed by atoms with Crippen molar-refractivity contribution in [3.63, 3.8) is 0 Å². The van der Waals surface area contributed by atoms with E-state index in [9.17, 15) is 23.3 Å². The molecular formula is C10H11F3N2O3. The molecule has 0 aliphatic rings. The molecule has 0 aliphatic heterocycles. The number of anilines is 1. The largest absolute Gasteiger partial charge is 0.416 e. The van der Waals surface area contributed by atoms with Crippen LogP contribution in [0.5, 0.6) is 0 Å². The number of hydrogen-bond acceptors (Lipinski definition) is 4. The van der Waals surface area contributed by atoms with Gasteiger partial charge in [-0.25, -0.2) is 0 Å². The number of likely N-dealkylation sites (N-methyl/N-ethyl adjacent to an activating group) is 1. The van der Waals surface area contributed by atoms with Crippen LogP contribution in [0.1, 0.15) is 5.56 Å². The quantitative estimate of drug-likeness (QED) is 0.667. The molecule has 0 saturated carbocycles. The Morgan fingerprint density at radius 1 is 1.44 bits per heavy atom. The van der Waals surface area contributed by atoms with Gasteiger partial charge in [0.2, 0.25) is 0 Å². The monoisotopic (exact) mass is 264 g/mol. The van der Waals surface area contributed by atoms with E-state index in [1.807, 2.05) is 0 Å². The fraction of sp³-hybridized carbons (Fsp3) is 0.400. The Bertz CT molecular complexity index is 448. The predicted octanol–water partition coefficient (Wildman–Crippen LogP) is 2.04. The van der Waals surface area contributed by atoms with E-state index < -0.39 is 22.4 Å². The molecule has 0 atom stereocenters. The zero-order valence-corrected chi connectivity index (χ0v) is 9.44. The number of aliphatic hydroxyl groups excluding tert-OH is 1. The minimum atomic E-state index is -4.63. The normalized spacial score (nSPS) is 11.4. The van der Waals surface area contributed by atoms with Crippen LogP contribution in [0, 0.1) is 10.1 Å². The molecule has 0 amide bonds. The molecule has 0 unspecified atom stereocenters. The Kier molecular flexibility index (Phi) is 4.12. The summed E-state index contributed by atoms with van der Waals surface area (Å²) < 4.78 is 37.3. The number of benzene rings is 1. The molecular weight excluding hydrogens is 253 g/mol. The third kappa shape index (κ3) is 3.10. The molecule has 0 heterocycles. The van der Waals surface area contributed by atoms with Crippen molar-refractivity contribution in [3.05, 3.63) is 33.9 Å². The van der Waals surface area contributed by atoms with E-state index in [2.05, 4.69) is 0 Å². The van der Waals surface area contributed by atoms with Crippen LogP contribution < -0.4 is 4.90 Å². The lowest BCUT2D eigenvalue weighted by Crippen LogP contribution is -2.22. The van der Waals surface area contributed by atoms with Gasteiger partial charge >= 0.3 is 6.18 Å². The lowest BCUT2D eigenvalue weighted by atomic mass is 10.1. The third-order valence-corrected chi connectivity index (χ3v) is 2.35. The third-order valence-electron chi connectivity index (χ3n) is 2.35. The fourth-order valence-corrected chi connectivity index (χ4v) is 1.44. The molecule has 1 N–H and O–H groups in total. The zero-order chi connectivity index (χ0) is 13.9. The molecule has 0 aromatic heterocycles. The van der Waals surface area contributed by atoms with E-state index in [0.717, 1.165) is 12.1 Å². The van der Waals surface area contributed by atoms with Gasteiger partial charge in [-0.15, -0.1) is 0 Å². The smallest absolute Gasteiger partial charge is 0.395 e. The average Bonchev–Trinajstić information content (AvgIpc) is 2.27. The molecule has 18 heavy (non-hydrogen) atoms. The van der Waals surface area contributed by atoms with Crippen LogP contribution in [0.2, 0.25) is 0 Å². The van der Waals surface area contributed by atoms with Gasteiger partial charge in [0, 0.05) is 19.7 Å². The lowest BCUT2D eigenvalue weighted by Gasteiger charge is -2.18. The van der Waals surface area contributed by atoms with Crippen molar-refractivity contribution in [2.45, 2.75) is 6.18 Å². The van der Waals surface area contributed by atoms with Crippen molar-refractivity contribution in [1.82, 2.24) is 0 Å². The van der Waals surface area contributed by atoms with Crippen LogP contribution in [-0.2, 0) is 6.18 Å². The number of aliphatic hydroxyl groups is 1. The molecule has 1 rings (SSSR count). The van der Waals surface area contributed by atoms with Crippen LogP contribution in [0.3, 0.4) is 0 Å². The molecule has 100 valence electrons. The van der Waals surface area contributed by atoms with Gasteiger partial charge in [0.1, 0.15) is 5.69 Å². The van der Waals surface area contributed by atoms with Crippen LogP contribution in [0.15, 0.2) is 18.2 Å². The topological polar surface area (TPSA) is 66.6 Å². The van der Waals surface area contributed by atoms with Crippen molar-refractivity contribution in [3.8, 4) is 0 Å². The molecule has 0 bridgehead atoms. The van der Waals surface area contributed by atoms with Crippen molar-refractivity contribution in [2.24, 2.45) is 0 Å². The van der Waals surface area contributed by atoms with Crippen LogP contribution in [0.4, 0.5) is 24.5 Å². The highest BCUT2D eigenvalue weighted by molar-refractivity contribution is 5.64. The highest BCUT2D eigenvalue weighted by Gasteiger charge is 2.33. The van der Waals surface area contributed by atoms with Gasteiger partial charge in [-0.2, -0.15) is 13.2 Å². The number of rotatable bonds is 4. The van der Waals surface area contributed by atoms with Gasteiger partial charge in [0.25, 0.3) is 5.69 Å². The maximum absolute atomic E-state index is 12.4. The first-order valence-electron chi connectivity index (χ1n) is 4.95. The van der Waals surface area contributed by atoms with Gasteiger partial charge in [-0.05, 0) is 12.1 Å². The summed E-state index contributed by atoms with van der Waals surface area (Å²) in [6.07, 6.45) is -4.63. The zero-order valence-electron chi connectivity index (χ0n) is 9.44. The number of nitro benzene ring substituents is 1. The standard InChI is InChI=1S/C10H11F3N2O3/c1-14(4-5-16)8-3-2-7(10(11,12)13)6-9(8)15(17)18/h2-3,6,16H,4-5H2,1H3. The Labute approximate surface area is 101 Å². The van der Waals surface area contributed by atoms with Crippen LogP contribution in [0.25, 0.3) is 0 Å². The molecule has 1 aromatic carbocycles. The predicted molar refractivity (Wildman–Crippen MR) is 58.5 cm³/mol. The van der Waals surface area contributed by atoms with Gasteiger partial charge in [0.05, 0.1) is 17.1 Å². The second kappa shape index (κ2) is 5.21. The average molecular weight is 264 g/mol. The van der Waals surface area contributed by atoms with Crippen molar-refractivity contribution in [1.29, 1.82) is 0 Å². The number of halogens is 3. The van der Waals surface area contributed by atoms with E-state index in [1.165, 1.54) is 11.9 Å². The Balaban J connectivity index is 3.25. The summed E-state index contributed by atoms with van der Waals surface area (Å²) in [5.41, 5.74) is -1.68. The molecule has 0 spiro atoms. The number of hydrogen-bond donors (Lipinski definition) is 1. The first kappa shape index (κ1) is 14.2. The summed E-state index contributed by atoms with van der Waals surface area (Å²) in [6, 6.07) is 2.29. The van der Waals surface area contributed by atoms with Crippen molar-refractivity contribution in [2.75, 3.05) is 25.1 Å². The maximum Gasteiger partial charge on any atom is 0.416 e. The summed E-state index contributed by atoms with van der Waals surface area (Å²) >= 11 is 0. The summed E-state index contributed by atoms with van der Waals surface area (Å²) in [4.78, 5) is 11.2. The van der Waals surface area contributed by atoms with Gasteiger partial charge < -0.3 is 10.0 Å². The Morgan fingerprint density at radius 3 is 2.50 bits per heavy atom. The van der Waals surface area contributed by atoms with E-state index in [-0.39, 0.29) is 18.8 Å².